The number of hydrogen-bond donors (Lipinski definition) is 3. The molecule has 98 valence electrons. The average molecular weight is 249 g/mol. The Morgan fingerprint density at radius 2 is 1.89 bits per heavy atom. The minimum atomic E-state index is -0.861. The second kappa shape index (κ2) is 6.76. The van der Waals surface area contributed by atoms with E-state index in [1.165, 1.54) is 5.56 Å². The SMILES string of the molecule is Cc1ccc(CCNC(=O)[C@H](N)CC(N)=O)cc1. The molecule has 1 rings (SSSR count). The quantitative estimate of drug-likeness (QED) is 0.654. The molecule has 18 heavy (non-hydrogen) atoms. The molecule has 0 aliphatic rings. The van der Waals surface area contributed by atoms with Crippen molar-refractivity contribution >= 4 is 11.8 Å². The van der Waals surface area contributed by atoms with E-state index in [9.17, 15) is 9.59 Å². The molecular weight excluding hydrogens is 230 g/mol. The largest absolute Gasteiger partial charge is 0.370 e. The zero-order chi connectivity index (χ0) is 13.5. The number of nitrogens with two attached hydrogens (primary N) is 2. The molecule has 0 aliphatic carbocycles. The lowest BCUT2D eigenvalue weighted by Gasteiger charge is -2.10. The molecule has 0 fully saturated rings. The summed E-state index contributed by atoms with van der Waals surface area (Å²) >= 11 is 0. The van der Waals surface area contributed by atoms with Crippen LogP contribution in [-0.4, -0.2) is 24.4 Å². The smallest absolute Gasteiger partial charge is 0.237 e. The van der Waals surface area contributed by atoms with Gasteiger partial charge in [-0.05, 0) is 18.9 Å². The zero-order valence-corrected chi connectivity index (χ0v) is 10.5. The number of aryl methyl sites for hydroxylation is 1. The molecule has 5 N–H and O–H groups in total. The maximum Gasteiger partial charge on any atom is 0.237 e. The van der Waals surface area contributed by atoms with Crippen molar-refractivity contribution in [1.82, 2.24) is 5.32 Å². The zero-order valence-electron chi connectivity index (χ0n) is 10.5. The fourth-order valence-corrected chi connectivity index (χ4v) is 1.53. The number of carbonyl (C=O) groups excluding carboxylic acids is 2. The van der Waals surface area contributed by atoms with Gasteiger partial charge in [-0.2, -0.15) is 0 Å². The number of carbonyl (C=O) groups is 2. The molecule has 0 saturated heterocycles. The van der Waals surface area contributed by atoms with Gasteiger partial charge in [0.05, 0.1) is 12.5 Å². The van der Waals surface area contributed by atoms with Crippen LogP contribution in [-0.2, 0) is 16.0 Å². The summed E-state index contributed by atoms with van der Waals surface area (Å²) < 4.78 is 0. The van der Waals surface area contributed by atoms with Gasteiger partial charge in [0.15, 0.2) is 0 Å². The third kappa shape index (κ3) is 4.97. The number of amides is 2. The van der Waals surface area contributed by atoms with E-state index in [0.29, 0.717) is 6.54 Å². The van der Waals surface area contributed by atoms with Gasteiger partial charge in [0.25, 0.3) is 0 Å². The number of nitrogens with one attached hydrogen (secondary N) is 1. The van der Waals surface area contributed by atoms with Gasteiger partial charge >= 0.3 is 0 Å². The highest BCUT2D eigenvalue weighted by molar-refractivity contribution is 5.87. The summed E-state index contributed by atoms with van der Waals surface area (Å²) in [5, 5.41) is 2.68. The first-order chi connectivity index (χ1) is 8.49. The number of rotatable bonds is 6. The van der Waals surface area contributed by atoms with Crippen molar-refractivity contribution in [2.24, 2.45) is 11.5 Å². The standard InChI is InChI=1S/C13H19N3O2/c1-9-2-4-10(5-3-9)6-7-16-13(18)11(14)8-12(15)17/h2-5,11H,6-8,14H2,1H3,(H2,15,17)(H,16,18)/t11-/m1/s1. The van der Waals surface area contributed by atoms with Crippen LogP contribution in [0.25, 0.3) is 0 Å². The van der Waals surface area contributed by atoms with Gasteiger partial charge in [0.1, 0.15) is 0 Å². The Bertz CT molecular complexity index is 415. The molecule has 5 heteroatoms. The summed E-state index contributed by atoms with van der Waals surface area (Å²) in [6, 6.07) is 7.22. The molecule has 1 atom stereocenters. The Morgan fingerprint density at radius 1 is 1.28 bits per heavy atom. The maximum absolute atomic E-state index is 11.5. The molecule has 2 amide bonds. The Kier molecular flexibility index (Phi) is 5.32. The van der Waals surface area contributed by atoms with Crippen LogP contribution < -0.4 is 16.8 Å². The van der Waals surface area contributed by atoms with E-state index in [2.05, 4.69) is 5.32 Å². The van der Waals surface area contributed by atoms with Crippen LogP contribution >= 0.6 is 0 Å². The van der Waals surface area contributed by atoms with Crippen molar-refractivity contribution in [2.75, 3.05) is 6.54 Å². The highest BCUT2D eigenvalue weighted by atomic mass is 16.2. The second-order valence-electron chi connectivity index (χ2n) is 4.30. The summed E-state index contributed by atoms with van der Waals surface area (Å²) in [5.41, 5.74) is 12.8. The second-order valence-corrected chi connectivity index (χ2v) is 4.30. The molecule has 0 bridgehead atoms. The van der Waals surface area contributed by atoms with Crippen LogP contribution in [0.4, 0.5) is 0 Å². The lowest BCUT2D eigenvalue weighted by Crippen LogP contribution is -2.43. The third-order valence-corrected chi connectivity index (χ3v) is 2.59. The predicted octanol–water partition coefficient (Wildman–Crippen LogP) is -0.144. The van der Waals surface area contributed by atoms with Gasteiger partial charge in [0, 0.05) is 6.54 Å². The van der Waals surface area contributed by atoms with E-state index in [1.807, 2.05) is 31.2 Å². The summed E-state index contributed by atoms with van der Waals surface area (Å²) in [6.07, 6.45) is 0.603. The maximum atomic E-state index is 11.5. The van der Waals surface area contributed by atoms with Crippen LogP contribution in [0.1, 0.15) is 17.5 Å². The first kappa shape index (κ1) is 14.2. The van der Waals surface area contributed by atoms with Crippen LogP contribution in [0.15, 0.2) is 24.3 Å². The van der Waals surface area contributed by atoms with E-state index in [1.54, 1.807) is 0 Å². The first-order valence-electron chi connectivity index (χ1n) is 5.86. The highest BCUT2D eigenvalue weighted by Gasteiger charge is 2.14. The summed E-state index contributed by atoms with van der Waals surface area (Å²) in [5.74, 6) is -0.919. The molecule has 0 heterocycles. The monoisotopic (exact) mass is 249 g/mol. The van der Waals surface area contributed by atoms with Crippen molar-refractivity contribution in [1.29, 1.82) is 0 Å². The summed E-state index contributed by atoms with van der Waals surface area (Å²) in [6.45, 7) is 2.52. The molecule has 1 aromatic carbocycles. The summed E-state index contributed by atoms with van der Waals surface area (Å²) in [4.78, 5) is 22.1. The van der Waals surface area contributed by atoms with Gasteiger partial charge < -0.3 is 16.8 Å². The molecule has 0 unspecified atom stereocenters. The molecule has 0 saturated carbocycles. The van der Waals surface area contributed by atoms with Gasteiger partial charge in [-0.25, -0.2) is 0 Å². The number of primary amides is 1. The average Bonchev–Trinajstić information content (AvgIpc) is 2.30. The van der Waals surface area contributed by atoms with Crippen LogP contribution in [0.3, 0.4) is 0 Å². The lowest BCUT2D eigenvalue weighted by molar-refractivity contribution is -0.126. The number of hydrogen-bond acceptors (Lipinski definition) is 3. The molecule has 5 nitrogen and oxygen atoms in total. The Balaban J connectivity index is 2.31. The van der Waals surface area contributed by atoms with Crippen LogP contribution in [0.5, 0.6) is 0 Å². The van der Waals surface area contributed by atoms with Crippen LogP contribution in [0.2, 0.25) is 0 Å². The first-order valence-corrected chi connectivity index (χ1v) is 5.86. The molecule has 0 spiro atoms. The van der Waals surface area contributed by atoms with E-state index in [0.717, 1.165) is 12.0 Å². The number of benzene rings is 1. The minimum absolute atomic E-state index is 0.129. The molecular formula is C13H19N3O2. The van der Waals surface area contributed by atoms with E-state index in [-0.39, 0.29) is 12.3 Å². The Hall–Kier alpha value is -1.88. The lowest BCUT2D eigenvalue weighted by atomic mass is 10.1. The van der Waals surface area contributed by atoms with Crippen LogP contribution in [0, 0.1) is 6.92 Å². The predicted molar refractivity (Wildman–Crippen MR) is 69.7 cm³/mol. The molecule has 0 aliphatic heterocycles. The normalized spacial score (nSPS) is 11.9. The van der Waals surface area contributed by atoms with E-state index in [4.69, 9.17) is 11.5 Å². The van der Waals surface area contributed by atoms with Crippen molar-refractivity contribution in [3.8, 4) is 0 Å². The van der Waals surface area contributed by atoms with Gasteiger partial charge in [-0.1, -0.05) is 29.8 Å². The van der Waals surface area contributed by atoms with Gasteiger partial charge in [0.2, 0.25) is 11.8 Å². The van der Waals surface area contributed by atoms with E-state index >= 15 is 0 Å². The Morgan fingerprint density at radius 3 is 2.44 bits per heavy atom. The van der Waals surface area contributed by atoms with Gasteiger partial charge in [-0.3, -0.25) is 9.59 Å². The fourth-order valence-electron chi connectivity index (χ4n) is 1.53. The highest BCUT2D eigenvalue weighted by Crippen LogP contribution is 2.03. The molecule has 1 aromatic rings. The fraction of sp³-hybridized carbons (Fsp3) is 0.385. The molecule has 0 aromatic heterocycles. The minimum Gasteiger partial charge on any atom is -0.370 e. The van der Waals surface area contributed by atoms with Crippen molar-refractivity contribution in [3.05, 3.63) is 35.4 Å². The van der Waals surface area contributed by atoms with E-state index < -0.39 is 11.9 Å². The van der Waals surface area contributed by atoms with Crippen molar-refractivity contribution < 1.29 is 9.59 Å². The Labute approximate surface area is 107 Å². The molecule has 0 radical (unpaired) electrons. The van der Waals surface area contributed by atoms with Crippen molar-refractivity contribution in [2.45, 2.75) is 25.8 Å². The van der Waals surface area contributed by atoms with Gasteiger partial charge in [-0.15, -0.1) is 0 Å². The third-order valence-electron chi connectivity index (χ3n) is 2.59. The van der Waals surface area contributed by atoms with Crippen molar-refractivity contribution in [3.63, 3.8) is 0 Å². The topological polar surface area (TPSA) is 98.2 Å². The summed E-state index contributed by atoms with van der Waals surface area (Å²) in [7, 11) is 0.